The number of carbonyl (C=O) groups is 1. The second kappa shape index (κ2) is 6.43. The standard InChI is InChI=1S/C7H10F3N2.C2HF3O2/c1-11-4-5-12(6-11)3-2-7(8,9)10;3-2(4,5)1(6)7/h4-6H,2-3H2,1H3;(H,6,7)/q+1;/p-1. The predicted octanol–water partition coefficient (Wildman–Crippen LogP) is 0.564. The van der Waals surface area contributed by atoms with E-state index >= 15 is 0 Å². The van der Waals surface area contributed by atoms with Gasteiger partial charge in [-0.15, -0.1) is 0 Å². The molecule has 1 heterocycles. The van der Waals surface area contributed by atoms with Crippen LogP contribution >= 0.6 is 0 Å². The first kappa shape index (κ1) is 17.3. The van der Waals surface area contributed by atoms with Crippen LogP contribution in [0.2, 0.25) is 0 Å². The van der Waals surface area contributed by atoms with E-state index in [0.717, 1.165) is 0 Å². The van der Waals surface area contributed by atoms with Gasteiger partial charge in [0.15, 0.2) is 0 Å². The van der Waals surface area contributed by atoms with Crippen LogP contribution in [0.15, 0.2) is 18.7 Å². The number of carboxylic acid groups (broad SMARTS) is 1. The highest BCUT2D eigenvalue weighted by atomic mass is 19.4. The summed E-state index contributed by atoms with van der Waals surface area (Å²) in [7, 11) is 1.77. The fourth-order valence-electron chi connectivity index (χ4n) is 0.890. The molecule has 0 unspecified atom stereocenters. The van der Waals surface area contributed by atoms with Gasteiger partial charge < -0.3 is 9.90 Å². The van der Waals surface area contributed by atoms with Crippen molar-refractivity contribution in [1.29, 1.82) is 0 Å². The van der Waals surface area contributed by atoms with E-state index in [2.05, 4.69) is 0 Å². The summed E-state index contributed by atoms with van der Waals surface area (Å²) in [4.78, 5) is 8.78. The highest BCUT2D eigenvalue weighted by Crippen LogP contribution is 2.19. The highest BCUT2D eigenvalue weighted by Gasteiger charge is 2.29. The van der Waals surface area contributed by atoms with Gasteiger partial charge in [-0.25, -0.2) is 9.13 Å². The first-order valence-corrected chi connectivity index (χ1v) is 4.78. The van der Waals surface area contributed by atoms with Crippen molar-refractivity contribution in [2.45, 2.75) is 25.3 Å². The van der Waals surface area contributed by atoms with Crippen LogP contribution in [0.1, 0.15) is 6.42 Å². The minimum absolute atomic E-state index is 0.00958. The van der Waals surface area contributed by atoms with Crippen molar-refractivity contribution in [1.82, 2.24) is 4.57 Å². The molecule has 0 N–H and O–H groups in total. The van der Waals surface area contributed by atoms with Gasteiger partial charge in [0.2, 0.25) is 6.33 Å². The van der Waals surface area contributed by atoms with Crippen LogP contribution < -0.4 is 9.67 Å². The van der Waals surface area contributed by atoms with E-state index in [0.29, 0.717) is 0 Å². The number of imidazole rings is 1. The Labute approximate surface area is 103 Å². The lowest BCUT2D eigenvalue weighted by atomic mass is 10.4. The average Bonchev–Trinajstić information content (AvgIpc) is 2.60. The maximum atomic E-state index is 11.7. The number of nitrogens with zero attached hydrogens (tertiary/aromatic N) is 2. The van der Waals surface area contributed by atoms with Gasteiger partial charge in [0.1, 0.15) is 18.4 Å². The van der Waals surface area contributed by atoms with Crippen LogP contribution in [0, 0.1) is 0 Å². The lowest BCUT2D eigenvalue weighted by Gasteiger charge is -2.03. The average molecular weight is 292 g/mol. The van der Waals surface area contributed by atoms with Crippen LogP contribution in [0.4, 0.5) is 26.3 Å². The molecule has 0 aromatic carbocycles. The zero-order valence-corrected chi connectivity index (χ0v) is 9.62. The van der Waals surface area contributed by atoms with E-state index in [9.17, 15) is 26.3 Å². The Bertz CT molecular complexity index is 410. The summed E-state index contributed by atoms with van der Waals surface area (Å²) < 4.78 is 69.9. The molecular formula is C9H10F6N2O2. The van der Waals surface area contributed by atoms with Crippen molar-refractivity contribution in [3.63, 3.8) is 0 Å². The Morgan fingerprint density at radius 3 is 2.00 bits per heavy atom. The summed E-state index contributed by atoms with van der Waals surface area (Å²) in [5.74, 6) is -3.01. The molecule has 0 saturated heterocycles. The van der Waals surface area contributed by atoms with E-state index in [1.807, 2.05) is 0 Å². The third-order valence-corrected chi connectivity index (χ3v) is 1.71. The van der Waals surface area contributed by atoms with Gasteiger partial charge in [0.25, 0.3) is 0 Å². The van der Waals surface area contributed by atoms with E-state index in [-0.39, 0.29) is 6.54 Å². The molecule has 0 bridgehead atoms. The van der Waals surface area contributed by atoms with Gasteiger partial charge in [-0.2, -0.15) is 26.3 Å². The zero-order chi connectivity index (χ0) is 15.3. The van der Waals surface area contributed by atoms with Gasteiger partial charge in [0, 0.05) is 0 Å². The van der Waals surface area contributed by atoms with Crippen molar-refractivity contribution in [2.75, 3.05) is 0 Å². The number of rotatable bonds is 2. The number of alkyl halides is 6. The summed E-state index contributed by atoms with van der Waals surface area (Å²) in [6, 6.07) is 0. The monoisotopic (exact) mass is 292 g/mol. The molecular weight excluding hydrogens is 282 g/mol. The third kappa shape index (κ3) is 8.91. The van der Waals surface area contributed by atoms with Crippen LogP contribution in [-0.2, 0) is 18.4 Å². The number of halogens is 6. The largest absolute Gasteiger partial charge is 0.542 e. The summed E-state index contributed by atoms with van der Waals surface area (Å²) in [5.41, 5.74) is 0. The van der Waals surface area contributed by atoms with Crippen LogP contribution in [-0.4, -0.2) is 22.9 Å². The Hall–Kier alpha value is -1.74. The van der Waals surface area contributed by atoms with Crippen molar-refractivity contribution in [2.24, 2.45) is 7.05 Å². The van der Waals surface area contributed by atoms with Crippen molar-refractivity contribution >= 4 is 5.97 Å². The topological polar surface area (TPSA) is 48.9 Å². The number of aromatic nitrogens is 2. The van der Waals surface area contributed by atoms with Gasteiger partial charge in [-0.1, -0.05) is 0 Å². The fourth-order valence-corrected chi connectivity index (χ4v) is 0.890. The fraction of sp³-hybridized carbons (Fsp3) is 0.556. The van der Waals surface area contributed by atoms with Gasteiger partial charge >= 0.3 is 12.4 Å². The molecule has 0 aliphatic carbocycles. The maximum absolute atomic E-state index is 11.7. The predicted molar refractivity (Wildman–Crippen MR) is 47.3 cm³/mol. The van der Waals surface area contributed by atoms with E-state index in [1.165, 1.54) is 4.57 Å². The molecule has 0 aliphatic heterocycles. The zero-order valence-electron chi connectivity index (χ0n) is 9.62. The molecule has 0 amide bonds. The lowest BCUT2D eigenvalue weighted by Crippen LogP contribution is -2.37. The first-order valence-electron chi connectivity index (χ1n) is 4.78. The smallest absolute Gasteiger partial charge is 0.430 e. The molecule has 0 saturated carbocycles. The molecule has 0 atom stereocenters. The Balaban J connectivity index is 0.000000399. The third-order valence-electron chi connectivity index (χ3n) is 1.71. The summed E-state index contributed by atoms with van der Waals surface area (Å²) in [5, 5.41) is 8.78. The molecule has 10 heteroatoms. The van der Waals surface area contributed by atoms with Gasteiger partial charge in [0.05, 0.1) is 20.0 Å². The summed E-state index contributed by atoms with van der Waals surface area (Å²) >= 11 is 0. The minimum atomic E-state index is -5.19. The number of aryl methyl sites for hydroxylation is 2. The van der Waals surface area contributed by atoms with E-state index in [1.54, 1.807) is 30.3 Å². The quantitative estimate of drug-likeness (QED) is 0.591. The molecule has 4 nitrogen and oxygen atoms in total. The number of hydrogen-bond acceptors (Lipinski definition) is 2. The molecule has 0 radical (unpaired) electrons. The Morgan fingerprint density at radius 2 is 1.74 bits per heavy atom. The van der Waals surface area contributed by atoms with Crippen LogP contribution in [0.3, 0.4) is 0 Å². The van der Waals surface area contributed by atoms with Crippen LogP contribution in [0.5, 0.6) is 0 Å². The summed E-state index contributed by atoms with van der Waals surface area (Å²) in [6.07, 6.45) is -5.10. The second-order valence-corrected chi connectivity index (χ2v) is 3.47. The van der Waals surface area contributed by atoms with E-state index < -0.39 is 24.7 Å². The number of carbonyl (C=O) groups excluding carboxylic acids is 1. The Morgan fingerprint density at radius 1 is 1.26 bits per heavy atom. The maximum Gasteiger partial charge on any atom is 0.430 e. The van der Waals surface area contributed by atoms with Crippen molar-refractivity contribution in [3.8, 4) is 0 Å². The first-order chi connectivity index (χ1) is 8.42. The van der Waals surface area contributed by atoms with Crippen molar-refractivity contribution in [3.05, 3.63) is 18.7 Å². The summed E-state index contributed by atoms with van der Waals surface area (Å²) in [6.45, 7) is -0.00958. The normalized spacial score (nSPS) is 11.7. The molecule has 0 fully saturated rings. The lowest BCUT2D eigenvalue weighted by molar-refractivity contribution is -0.671. The van der Waals surface area contributed by atoms with E-state index in [4.69, 9.17) is 9.90 Å². The number of hydrogen-bond donors (Lipinski definition) is 0. The SMILES string of the molecule is C[n+]1ccn(CCC(F)(F)F)c1.O=C([O-])C(F)(F)F. The minimum Gasteiger partial charge on any atom is -0.542 e. The van der Waals surface area contributed by atoms with Gasteiger partial charge in [-0.05, 0) is 0 Å². The molecule has 0 aliphatic rings. The molecule has 1 aromatic rings. The number of carboxylic acids is 1. The molecule has 1 aromatic heterocycles. The molecule has 19 heavy (non-hydrogen) atoms. The molecule has 0 spiro atoms. The second-order valence-electron chi connectivity index (χ2n) is 3.47. The molecule has 1 rings (SSSR count). The van der Waals surface area contributed by atoms with Crippen molar-refractivity contribution < 1.29 is 40.8 Å². The number of aliphatic carboxylic acids is 1. The van der Waals surface area contributed by atoms with Crippen LogP contribution in [0.25, 0.3) is 0 Å². The Kier molecular flexibility index (Phi) is 5.84. The molecule has 110 valence electrons. The highest BCUT2D eigenvalue weighted by molar-refractivity contribution is 5.70. The van der Waals surface area contributed by atoms with Gasteiger partial charge in [-0.3, -0.25) is 0 Å².